The Morgan fingerprint density at radius 2 is 2.22 bits per heavy atom. The van der Waals surface area contributed by atoms with Gasteiger partial charge in [0, 0.05) is 43.9 Å². The Morgan fingerprint density at radius 1 is 1.35 bits per heavy atom. The molecule has 0 radical (unpaired) electrons. The van der Waals surface area contributed by atoms with Crippen LogP contribution in [0.15, 0.2) is 16.7 Å². The van der Waals surface area contributed by atoms with Crippen LogP contribution in [0.25, 0.3) is 0 Å². The van der Waals surface area contributed by atoms with Gasteiger partial charge in [-0.3, -0.25) is 4.79 Å². The molecule has 2 aromatic heterocycles. The number of amides is 1. The first kappa shape index (κ1) is 14.1. The molecular weight excluding hydrogens is 296 g/mol. The zero-order valence-electron chi connectivity index (χ0n) is 12.9. The van der Waals surface area contributed by atoms with Gasteiger partial charge < -0.3 is 14.6 Å². The van der Waals surface area contributed by atoms with E-state index in [1.54, 1.807) is 6.92 Å². The molecule has 1 N–H and O–H groups in total. The number of nitrogens with zero attached hydrogens (tertiary/aromatic N) is 5. The minimum atomic E-state index is -0.329. The summed E-state index contributed by atoms with van der Waals surface area (Å²) < 4.78 is 5.14. The lowest BCUT2D eigenvalue weighted by molar-refractivity contribution is 0.0904. The van der Waals surface area contributed by atoms with Crippen LogP contribution >= 0.6 is 0 Å². The molecule has 2 aliphatic rings. The lowest BCUT2D eigenvalue weighted by Gasteiger charge is -2.17. The molecule has 1 unspecified atom stereocenters. The molecule has 1 saturated heterocycles. The number of aromatic nitrogens is 4. The summed E-state index contributed by atoms with van der Waals surface area (Å²) in [4.78, 5) is 23.2. The summed E-state index contributed by atoms with van der Waals surface area (Å²) in [5.41, 5.74) is 1.13. The Kier molecular flexibility index (Phi) is 3.44. The van der Waals surface area contributed by atoms with Gasteiger partial charge in [-0.2, -0.15) is 0 Å². The van der Waals surface area contributed by atoms with E-state index in [-0.39, 0.29) is 17.8 Å². The largest absolute Gasteiger partial charge is 0.417 e. The van der Waals surface area contributed by atoms with Gasteiger partial charge in [-0.15, -0.1) is 10.2 Å². The molecule has 8 heteroatoms. The van der Waals surface area contributed by atoms with Crippen molar-refractivity contribution >= 4 is 11.9 Å². The molecule has 0 aromatic carbocycles. The zero-order valence-corrected chi connectivity index (χ0v) is 12.9. The first-order valence-corrected chi connectivity index (χ1v) is 7.88. The number of aryl methyl sites for hydroxylation is 1. The van der Waals surface area contributed by atoms with Crippen LogP contribution in [0.1, 0.15) is 47.5 Å². The lowest BCUT2D eigenvalue weighted by atomic mass is 10.2. The third-order valence-electron chi connectivity index (χ3n) is 4.19. The van der Waals surface area contributed by atoms with Crippen molar-refractivity contribution in [3.05, 3.63) is 29.7 Å². The van der Waals surface area contributed by atoms with Gasteiger partial charge in [0.25, 0.3) is 0 Å². The summed E-state index contributed by atoms with van der Waals surface area (Å²) in [7, 11) is 0. The van der Waals surface area contributed by atoms with E-state index >= 15 is 0 Å². The van der Waals surface area contributed by atoms with Crippen molar-refractivity contribution < 1.29 is 9.21 Å². The monoisotopic (exact) mass is 314 g/mol. The van der Waals surface area contributed by atoms with E-state index in [4.69, 9.17) is 4.42 Å². The van der Waals surface area contributed by atoms with Crippen LogP contribution < -0.4 is 10.2 Å². The minimum absolute atomic E-state index is 0.00734. The summed E-state index contributed by atoms with van der Waals surface area (Å²) in [5.74, 6) is 1.42. The number of carbonyl (C=O) groups excluding carboxylic acids is 1. The van der Waals surface area contributed by atoms with Crippen LogP contribution in [0, 0.1) is 6.92 Å². The van der Waals surface area contributed by atoms with Crippen molar-refractivity contribution in [2.75, 3.05) is 18.0 Å². The second-order valence-electron chi connectivity index (χ2n) is 6.09. The highest BCUT2D eigenvalue weighted by molar-refractivity contribution is 5.89. The molecule has 8 nitrogen and oxygen atoms in total. The van der Waals surface area contributed by atoms with E-state index < -0.39 is 0 Å². The van der Waals surface area contributed by atoms with Crippen LogP contribution in [0.4, 0.5) is 5.95 Å². The summed E-state index contributed by atoms with van der Waals surface area (Å²) >= 11 is 0. The van der Waals surface area contributed by atoms with E-state index in [0.717, 1.165) is 24.6 Å². The number of nitrogens with one attached hydrogen (secondary N) is 1. The minimum Gasteiger partial charge on any atom is -0.417 e. The average Bonchev–Trinajstić information content (AvgIpc) is 3.16. The van der Waals surface area contributed by atoms with Crippen molar-refractivity contribution in [3.63, 3.8) is 0 Å². The van der Waals surface area contributed by atoms with E-state index in [2.05, 4.69) is 30.4 Å². The normalized spacial score (nSPS) is 20.7. The molecule has 4 rings (SSSR count). The van der Waals surface area contributed by atoms with E-state index in [9.17, 15) is 4.79 Å². The highest BCUT2D eigenvalue weighted by atomic mass is 16.4. The van der Waals surface area contributed by atoms with Crippen LogP contribution in [0.2, 0.25) is 0 Å². The molecule has 0 bridgehead atoms. The molecule has 2 aromatic rings. The highest BCUT2D eigenvalue weighted by Crippen LogP contribution is 2.39. The molecule has 1 amide bonds. The third-order valence-corrected chi connectivity index (χ3v) is 4.19. The van der Waals surface area contributed by atoms with Gasteiger partial charge in [0.05, 0.1) is 0 Å². The van der Waals surface area contributed by atoms with Crippen molar-refractivity contribution in [1.29, 1.82) is 0 Å². The zero-order chi connectivity index (χ0) is 15.8. The van der Waals surface area contributed by atoms with Gasteiger partial charge in [0.1, 0.15) is 0 Å². The molecule has 1 saturated carbocycles. The van der Waals surface area contributed by atoms with Crippen molar-refractivity contribution in [3.8, 4) is 0 Å². The third kappa shape index (κ3) is 3.01. The molecule has 1 aliphatic heterocycles. The number of rotatable bonds is 4. The second kappa shape index (κ2) is 5.60. The highest BCUT2D eigenvalue weighted by Gasteiger charge is 2.29. The van der Waals surface area contributed by atoms with E-state index in [1.165, 1.54) is 12.8 Å². The van der Waals surface area contributed by atoms with Gasteiger partial charge in [-0.25, -0.2) is 9.97 Å². The van der Waals surface area contributed by atoms with Crippen LogP contribution in [0.5, 0.6) is 0 Å². The topological polar surface area (TPSA) is 97.0 Å². The predicted octanol–water partition coefficient (Wildman–Crippen LogP) is 1.05. The van der Waals surface area contributed by atoms with Gasteiger partial charge in [-0.1, -0.05) is 0 Å². The van der Waals surface area contributed by atoms with Crippen LogP contribution in [-0.4, -0.2) is 45.2 Å². The van der Waals surface area contributed by atoms with Crippen molar-refractivity contribution in [2.24, 2.45) is 0 Å². The van der Waals surface area contributed by atoms with Crippen molar-refractivity contribution in [2.45, 2.75) is 38.1 Å². The number of hydrogen-bond donors (Lipinski definition) is 1. The fraction of sp³-hybridized carbons (Fsp3) is 0.533. The summed E-state index contributed by atoms with van der Waals surface area (Å²) in [6.45, 7) is 3.17. The second-order valence-corrected chi connectivity index (χ2v) is 6.09. The van der Waals surface area contributed by atoms with Gasteiger partial charge in [-0.05, 0) is 25.3 Å². The first-order chi connectivity index (χ1) is 11.2. The van der Waals surface area contributed by atoms with Gasteiger partial charge >= 0.3 is 11.8 Å². The molecular formula is C15H18N6O2. The average molecular weight is 314 g/mol. The Balaban J connectivity index is 1.39. The molecule has 120 valence electrons. The quantitative estimate of drug-likeness (QED) is 0.901. The maximum atomic E-state index is 12.1. The van der Waals surface area contributed by atoms with Crippen molar-refractivity contribution in [1.82, 2.24) is 25.5 Å². The maximum Gasteiger partial charge on any atom is 0.309 e. The fourth-order valence-corrected chi connectivity index (χ4v) is 2.82. The van der Waals surface area contributed by atoms with E-state index in [0.29, 0.717) is 18.4 Å². The fourth-order valence-electron chi connectivity index (χ4n) is 2.82. The van der Waals surface area contributed by atoms with Gasteiger partial charge in [0.15, 0.2) is 0 Å². The molecule has 1 atom stereocenters. The smallest absolute Gasteiger partial charge is 0.309 e. The number of anilines is 1. The summed E-state index contributed by atoms with van der Waals surface area (Å²) in [6, 6.07) is 2.02. The Morgan fingerprint density at radius 3 is 2.96 bits per heavy atom. The SMILES string of the molecule is Cc1nnc(C(=O)NC2CCN(c3nccc(C4CC4)n3)C2)o1. The van der Waals surface area contributed by atoms with Crippen LogP contribution in [0.3, 0.4) is 0 Å². The molecule has 3 heterocycles. The van der Waals surface area contributed by atoms with E-state index in [1.807, 2.05) is 12.3 Å². The lowest BCUT2D eigenvalue weighted by Crippen LogP contribution is -2.37. The standard InChI is InChI=1S/C15H18N6O2/c1-9-19-20-14(23-9)13(22)17-11-5-7-21(8-11)15-16-6-4-12(18-15)10-2-3-10/h4,6,10-11H,2-3,5,7-8H2,1H3,(H,17,22). The Hall–Kier alpha value is -2.51. The first-order valence-electron chi connectivity index (χ1n) is 7.88. The Bertz CT molecular complexity index is 726. The molecule has 2 fully saturated rings. The van der Waals surface area contributed by atoms with Crippen LogP contribution in [-0.2, 0) is 0 Å². The summed E-state index contributed by atoms with van der Waals surface area (Å²) in [5, 5.41) is 10.3. The summed E-state index contributed by atoms with van der Waals surface area (Å²) in [6.07, 6.45) is 5.11. The molecule has 23 heavy (non-hydrogen) atoms. The maximum absolute atomic E-state index is 12.1. The Labute approximate surface area is 133 Å². The predicted molar refractivity (Wildman–Crippen MR) is 81.1 cm³/mol. The van der Waals surface area contributed by atoms with Gasteiger partial charge in [0.2, 0.25) is 11.8 Å². The molecule has 0 spiro atoms. The number of carbonyl (C=O) groups is 1. The number of hydrogen-bond acceptors (Lipinski definition) is 7. The molecule has 1 aliphatic carbocycles.